The number of benzene rings is 2. The van der Waals surface area contributed by atoms with Crippen LogP contribution >= 0.6 is 15.9 Å². The molecule has 0 heterocycles. The molecular formula is C16H15BrN2O3. The molecule has 0 atom stereocenters. The van der Waals surface area contributed by atoms with Crippen molar-refractivity contribution in [3.05, 3.63) is 68.2 Å². The second kappa shape index (κ2) is 7.17. The minimum absolute atomic E-state index is 0.00334. The lowest BCUT2D eigenvalue weighted by Gasteiger charge is -2.07. The molecule has 2 aromatic carbocycles. The number of halogens is 1. The van der Waals surface area contributed by atoms with E-state index in [4.69, 9.17) is 0 Å². The van der Waals surface area contributed by atoms with Gasteiger partial charge in [-0.05, 0) is 31.0 Å². The Bertz CT molecular complexity index is 716. The highest BCUT2D eigenvalue weighted by Gasteiger charge is 2.12. The van der Waals surface area contributed by atoms with Gasteiger partial charge in [0.1, 0.15) is 0 Å². The van der Waals surface area contributed by atoms with Crippen LogP contribution in [-0.4, -0.2) is 10.8 Å². The van der Waals surface area contributed by atoms with Crippen molar-refractivity contribution < 1.29 is 9.72 Å². The molecule has 0 unspecified atom stereocenters. The fourth-order valence-electron chi connectivity index (χ4n) is 2.06. The highest BCUT2D eigenvalue weighted by Crippen LogP contribution is 2.23. The second-order valence-electron chi connectivity index (χ2n) is 4.90. The van der Waals surface area contributed by atoms with Crippen LogP contribution in [0.5, 0.6) is 0 Å². The van der Waals surface area contributed by atoms with Gasteiger partial charge in [0, 0.05) is 28.2 Å². The zero-order valence-electron chi connectivity index (χ0n) is 12.0. The summed E-state index contributed by atoms with van der Waals surface area (Å²) in [5.74, 6) is -0.172. The summed E-state index contributed by atoms with van der Waals surface area (Å²) in [6.07, 6.45) is 0.908. The molecule has 5 nitrogen and oxygen atoms in total. The number of hydrogen-bond donors (Lipinski definition) is 1. The highest BCUT2D eigenvalue weighted by molar-refractivity contribution is 9.10. The van der Waals surface area contributed by atoms with Crippen molar-refractivity contribution in [1.82, 2.24) is 0 Å². The Kier molecular flexibility index (Phi) is 5.27. The van der Waals surface area contributed by atoms with E-state index < -0.39 is 4.92 Å². The third kappa shape index (κ3) is 4.14. The van der Waals surface area contributed by atoms with Gasteiger partial charge in [0.05, 0.1) is 4.92 Å². The van der Waals surface area contributed by atoms with E-state index in [-0.39, 0.29) is 11.6 Å². The second-order valence-corrected chi connectivity index (χ2v) is 5.75. The Labute approximate surface area is 136 Å². The van der Waals surface area contributed by atoms with Crippen LogP contribution in [0, 0.1) is 17.0 Å². The lowest BCUT2D eigenvalue weighted by molar-refractivity contribution is -0.385. The Balaban J connectivity index is 1.99. The summed E-state index contributed by atoms with van der Waals surface area (Å²) in [7, 11) is 0. The first-order valence-corrected chi connectivity index (χ1v) is 7.55. The average Bonchev–Trinajstić information content (AvgIpc) is 2.48. The van der Waals surface area contributed by atoms with E-state index in [0.717, 1.165) is 10.0 Å². The van der Waals surface area contributed by atoms with Gasteiger partial charge in [-0.1, -0.05) is 40.2 Å². The number of nitro groups is 1. The number of nitrogens with zero attached hydrogens (tertiary/aromatic N) is 1. The van der Waals surface area contributed by atoms with Crippen molar-refractivity contribution in [3.63, 3.8) is 0 Å². The molecule has 0 saturated carbocycles. The molecular weight excluding hydrogens is 348 g/mol. The first-order valence-electron chi connectivity index (χ1n) is 6.75. The number of anilines is 1. The molecule has 0 radical (unpaired) electrons. The number of carbonyl (C=O) groups is 1. The van der Waals surface area contributed by atoms with Gasteiger partial charge in [0.25, 0.3) is 5.69 Å². The summed E-state index contributed by atoms with van der Waals surface area (Å²) < 4.78 is 0.966. The summed E-state index contributed by atoms with van der Waals surface area (Å²) in [4.78, 5) is 22.4. The number of carbonyl (C=O) groups excluding carboxylic acids is 1. The van der Waals surface area contributed by atoms with Gasteiger partial charge >= 0.3 is 0 Å². The van der Waals surface area contributed by atoms with Crippen LogP contribution in [0.15, 0.2) is 46.9 Å². The van der Waals surface area contributed by atoms with E-state index in [1.165, 1.54) is 6.07 Å². The fraction of sp³-hybridized carbons (Fsp3) is 0.188. The largest absolute Gasteiger partial charge is 0.326 e. The number of aryl methyl sites for hydroxylation is 2. The van der Waals surface area contributed by atoms with E-state index in [0.29, 0.717) is 24.1 Å². The predicted molar refractivity (Wildman–Crippen MR) is 88.9 cm³/mol. The normalized spacial score (nSPS) is 10.3. The van der Waals surface area contributed by atoms with Gasteiger partial charge in [-0.15, -0.1) is 0 Å². The first-order chi connectivity index (χ1) is 10.5. The maximum atomic E-state index is 12.0. The Hall–Kier alpha value is -2.21. The van der Waals surface area contributed by atoms with Gasteiger partial charge in [0.15, 0.2) is 0 Å². The van der Waals surface area contributed by atoms with E-state index in [1.54, 1.807) is 19.1 Å². The molecule has 114 valence electrons. The molecule has 2 aromatic rings. The maximum absolute atomic E-state index is 12.0. The lowest BCUT2D eigenvalue weighted by atomic mass is 10.1. The smallest absolute Gasteiger partial charge is 0.274 e. The number of nitro benzene ring substituents is 1. The summed E-state index contributed by atoms with van der Waals surface area (Å²) >= 11 is 3.44. The monoisotopic (exact) mass is 362 g/mol. The minimum atomic E-state index is -0.452. The third-order valence-electron chi connectivity index (χ3n) is 3.27. The van der Waals surface area contributed by atoms with Crippen LogP contribution in [-0.2, 0) is 11.2 Å². The van der Waals surface area contributed by atoms with Crippen LogP contribution in [0.3, 0.4) is 0 Å². The Morgan fingerprint density at radius 2 is 2.00 bits per heavy atom. The molecule has 0 aliphatic carbocycles. The van der Waals surface area contributed by atoms with Crippen molar-refractivity contribution in [1.29, 1.82) is 0 Å². The molecule has 6 heteroatoms. The lowest BCUT2D eigenvalue weighted by Crippen LogP contribution is -2.12. The molecule has 0 aliphatic heterocycles. The molecule has 1 N–H and O–H groups in total. The number of rotatable bonds is 5. The number of amides is 1. The summed E-state index contributed by atoms with van der Waals surface area (Å²) in [5, 5.41) is 13.6. The van der Waals surface area contributed by atoms with Crippen LogP contribution in [0.2, 0.25) is 0 Å². The average molecular weight is 363 g/mol. The topological polar surface area (TPSA) is 72.2 Å². The number of hydrogen-bond acceptors (Lipinski definition) is 3. The van der Waals surface area contributed by atoms with Crippen LogP contribution < -0.4 is 5.32 Å². The molecule has 0 saturated heterocycles. The van der Waals surface area contributed by atoms with Crippen molar-refractivity contribution in [2.24, 2.45) is 0 Å². The van der Waals surface area contributed by atoms with Gasteiger partial charge in [0.2, 0.25) is 5.91 Å². The van der Waals surface area contributed by atoms with Crippen molar-refractivity contribution in [2.75, 3.05) is 5.32 Å². The van der Waals surface area contributed by atoms with E-state index in [1.807, 2.05) is 24.3 Å². The number of nitrogens with one attached hydrogen (secondary N) is 1. The van der Waals surface area contributed by atoms with Gasteiger partial charge < -0.3 is 5.32 Å². The molecule has 22 heavy (non-hydrogen) atoms. The molecule has 1 amide bonds. The SMILES string of the molecule is Cc1ccc(NC(=O)CCc2ccccc2Br)cc1[N+](=O)[O-]. The molecule has 0 aromatic heterocycles. The maximum Gasteiger partial charge on any atom is 0.274 e. The molecule has 0 aliphatic rings. The quantitative estimate of drug-likeness (QED) is 0.638. The standard InChI is InChI=1S/C16H15BrN2O3/c1-11-6-8-13(10-15(11)19(21)22)18-16(20)9-7-12-4-2-3-5-14(12)17/h2-6,8,10H,7,9H2,1H3,(H,18,20). The molecule has 0 fully saturated rings. The predicted octanol–water partition coefficient (Wildman–Crippen LogP) is 4.24. The Morgan fingerprint density at radius 1 is 1.27 bits per heavy atom. The summed E-state index contributed by atoms with van der Waals surface area (Å²) in [6, 6.07) is 12.4. The van der Waals surface area contributed by atoms with Crippen LogP contribution in [0.25, 0.3) is 0 Å². The van der Waals surface area contributed by atoms with E-state index in [9.17, 15) is 14.9 Å². The zero-order valence-corrected chi connectivity index (χ0v) is 13.6. The van der Waals surface area contributed by atoms with Gasteiger partial charge in [-0.3, -0.25) is 14.9 Å². The summed E-state index contributed by atoms with van der Waals surface area (Å²) in [5.41, 5.74) is 2.06. The first kappa shape index (κ1) is 16.2. The van der Waals surface area contributed by atoms with Crippen molar-refractivity contribution in [2.45, 2.75) is 19.8 Å². The van der Waals surface area contributed by atoms with Crippen molar-refractivity contribution in [3.8, 4) is 0 Å². The van der Waals surface area contributed by atoms with E-state index >= 15 is 0 Å². The highest BCUT2D eigenvalue weighted by atomic mass is 79.9. The third-order valence-corrected chi connectivity index (χ3v) is 4.04. The molecule has 0 spiro atoms. The van der Waals surface area contributed by atoms with Gasteiger partial charge in [-0.2, -0.15) is 0 Å². The van der Waals surface area contributed by atoms with Gasteiger partial charge in [-0.25, -0.2) is 0 Å². The Morgan fingerprint density at radius 3 is 2.68 bits per heavy atom. The van der Waals surface area contributed by atoms with E-state index in [2.05, 4.69) is 21.2 Å². The van der Waals surface area contributed by atoms with Crippen LogP contribution in [0.4, 0.5) is 11.4 Å². The zero-order chi connectivity index (χ0) is 16.1. The minimum Gasteiger partial charge on any atom is -0.326 e. The summed E-state index contributed by atoms with van der Waals surface area (Å²) in [6.45, 7) is 1.66. The fourth-order valence-corrected chi connectivity index (χ4v) is 2.54. The van der Waals surface area contributed by atoms with Crippen LogP contribution in [0.1, 0.15) is 17.5 Å². The molecule has 0 bridgehead atoms. The van der Waals surface area contributed by atoms with Crippen molar-refractivity contribution >= 4 is 33.2 Å². The molecule has 2 rings (SSSR count).